The third-order valence-electron chi connectivity index (χ3n) is 2.70. The molecule has 1 N–H and O–H groups in total. The summed E-state index contributed by atoms with van der Waals surface area (Å²) in [6.07, 6.45) is 3.37. The monoisotopic (exact) mass is 174 g/mol. The summed E-state index contributed by atoms with van der Waals surface area (Å²) in [4.78, 5) is 0. The van der Waals surface area contributed by atoms with Crippen molar-refractivity contribution in [1.82, 2.24) is 0 Å². The average Bonchev–Trinajstić information content (AvgIpc) is 2.72. The van der Waals surface area contributed by atoms with Crippen molar-refractivity contribution in [2.75, 3.05) is 0 Å². The Morgan fingerprint density at radius 3 is 2.85 bits per heavy atom. The van der Waals surface area contributed by atoms with Gasteiger partial charge in [-0.15, -0.1) is 0 Å². The molecular weight excluding hydrogens is 164 g/mol. The van der Waals surface area contributed by atoms with Gasteiger partial charge in [0.1, 0.15) is 5.58 Å². The molecule has 1 aromatic heterocycles. The van der Waals surface area contributed by atoms with Crippen molar-refractivity contribution < 1.29 is 9.52 Å². The van der Waals surface area contributed by atoms with Crippen LogP contribution in [0.1, 0.15) is 18.4 Å². The lowest BCUT2D eigenvalue weighted by Gasteiger charge is -2.07. The lowest BCUT2D eigenvalue weighted by atomic mass is 10.1. The molecule has 2 nitrogen and oxygen atoms in total. The second-order valence-electron chi connectivity index (χ2n) is 3.68. The minimum absolute atomic E-state index is 0.600. The Hall–Kier alpha value is -1.28. The predicted octanol–water partition coefficient (Wildman–Crippen LogP) is 2.41. The fraction of sp³-hybridized carbons (Fsp3) is 0.273. The molecule has 0 atom stereocenters. The van der Waals surface area contributed by atoms with Gasteiger partial charge in [0.15, 0.2) is 0 Å². The number of aliphatic hydroxyl groups is 1. The molecule has 2 aromatic rings. The normalized spacial score (nSPS) is 19.2. The molecule has 13 heavy (non-hydrogen) atoms. The second-order valence-corrected chi connectivity index (χ2v) is 3.68. The van der Waals surface area contributed by atoms with Crippen LogP contribution in [0.15, 0.2) is 34.9 Å². The van der Waals surface area contributed by atoms with Crippen LogP contribution in [0.3, 0.4) is 0 Å². The van der Waals surface area contributed by atoms with Crippen LogP contribution < -0.4 is 0 Å². The van der Waals surface area contributed by atoms with Crippen molar-refractivity contribution in [3.8, 4) is 0 Å². The van der Waals surface area contributed by atoms with Crippen LogP contribution in [0, 0.1) is 0 Å². The number of hydrogen-bond donors (Lipinski definition) is 1. The Balaban J connectivity index is 2.33. The Labute approximate surface area is 75.8 Å². The third kappa shape index (κ3) is 0.923. The molecule has 0 radical (unpaired) electrons. The molecule has 0 bridgehead atoms. The van der Waals surface area contributed by atoms with Gasteiger partial charge in [0.2, 0.25) is 0 Å². The highest BCUT2D eigenvalue weighted by atomic mass is 16.3. The van der Waals surface area contributed by atoms with Crippen molar-refractivity contribution in [1.29, 1.82) is 0 Å². The number of rotatable bonds is 1. The molecule has 0 aliphatic heterocycles. The quantitative estimate of drug-likeness (QED) is 0.720. The van der Waals surface area contributed by atoms with E-state index in [4.69, 9.17) is 4.42 Å². The molecule has 1 aliphatic carbocycles. The van der Waals surface area contributed by atoms with Crippen LogP contribution in [0.25, 0.3) is 11.0 Å². The van der Waals surface area contributed by atoms with E-state index in [0.29, 0.717) is 0 Å². The first-order valence-corrected chi connectivity index (χ1v) is 4.49. The van der Waals surface area contributed by atoms with Gasteiger partial charge in [0, 0.05) is 10.9 Å². The Kier molecular flexibility index (Phi) is 1.18. The average molecular weight is 174 g/mol. The number of benzene rings is 1. The summed E-state index contributed by atoms with van der Waals surface area (Å²) in [6, 6.07) is 7.82. The summed E-state index contributed by atoms with van der Waals surface area (Å²) in [5.41, 5.74) is 1.18. The maximum absolute atomic E-state index is 9.96. The van der Waals surface area contributed by atoms with Crippen LogP contribution in [-0.4, -0.2) is 5.11 Å². The highest BCUT2D eigenvalue weighted by molar-refractivity contribution is 5.81. The van der Waals surface area contributed by atoms with E-state index >= 15 is 0 Å². The molecule has 0 saturated heterocycles. The Bertz CT molecular complexity index is 452. The lowest BCUT2D eigenvalue weighted by molar-refractivity contribution is 0.152. The number of fused-ring (bicyclic) bond motifs is 1. The van der Waals surface area contributed by atoms with Crippen molar-refractivity contribution >= 4 is 11.0 Å². The molecule has 1 fully saturated rings. The van der Waals surface area contributed by atoms with Crippen LogP contribution >= 0.6 is 0 Å². The summed E-state index contributed by atoms with van der Waals surface area (Å²) < 4.78 is 5.36. The Morgan fingerprint density at radius 1 is 1.23 bits per heavy atom. The molecular formula is C11H10O2. The third-order valence-corrected chi connectivity index (χ3v) is 2.70. The van der Waals surface area contributed by atoms with E-state index in [9.17, 15) is 5.11 Å². The predicted molar refractivity (Wildman–Crippen MR) is 49.3 cm³/mol. The van der Waals surface area contributed by atoms with Crippen molar-refractivity contribution in [2.24, 2.45) is 0 Å². The van der Waals surface area contributed by atoms with Gasteiger partial charge in [-0.25, -0.2) is 0 Å². The second kappa shape index (κ2) is 2.15. The van der Waals surface area contributed by atoms with E-state index in [1.54, 1.807) is 6.26 Å². The van der Waals surface area contributed by atoms with E-state index in [2.05, 4.69) is 0 Å². The molecule has 66 valence electrons. The van der Waals surface area contributed by atoms with Gasteiger partial charge in [-0.05, 0) is 18.9 Å². The van der Waals surface area contributed by atoms with Crippen LogP contribution in [0.2, 0.25) is 0 Å². The zero-order valence-electron chi connectivity index (χ0n) is 7.16. The zero-order chi connectivity index (χ0) is 8.89. The standard InChI is InChI=1S/C11H10O2/c12-11(5-6-11)9-3-1-2-8-4-7-13-10(8)9/h1-4,7,12H,5-6H2. The molecule has 0 spiro atoms. The molecule has 1 saturated carbocycles. The van der Waals surface area contributed by atoms with Gasteiger partial charge in [-0.3, -0.25) is 0 Å². The van der Waals surface area contributed by atoms with Crippen molar-refractivity contribution in [3.63, 3.8) is 0 Å². The minimum Gasteiger partial charge on any atom is -0.464 e. The number of para-hydroxylation sites is 1. The molecule has 2 heteroatoms. The maximum Gasteiger partial charge on any atom is 0.139 e. The van der Waals surface area contributed by atoms with E-state index in [-0.39, 0.29) is 0 Å². The number of hydrogen-bond acceptors (Lipinski definition) is 2. The van der Waals surface area contributed by atoms with Gasteiger partial charge >= 0.3 is 0 Å². The van der Waals surface area contributed by atoms with Crippen molar-refractivity contribution in [2.45, 2.75) is 18.4 Å². The van der Waals surface area contributed by atoms with Gasteiger partial charge in [0.05, 0.1) is 11.9 Å². The highest BCUT2D eigenvalue weighted by Gasteiger charge is 2.43. The van der Waals surface area contributed by atoms with Gasteiger partial charge in [-0.2, -0.15) is 0 Å². The van der Waals surface area contributed by atoms with Crippen molar-refractivity contribution in [3.05, 3.63) is 36.1 Å². The molecule has 1 aromatic carbocycles. The van der Waals surface area contributed by atoms with Crippen LogP contribution in [0.4, 0.5) is 0 Å². The molecule has 0 unspecified atom stereocenters. The summed E-state index contributed by atoms with van der Waals surface area (Å²) >= 11 is 0. The topological polar surface area (TPSA) is 33.4 Å². The van der Waals surface area contributed by atoms with E-state index in [1.165, 1.54) is 0 Å². The van der Waals surface area contributed by atoms with E-state index in [1.807, 2.05) is 24.3 Å². The summed E-state index contributed by atoms with van der Waals surface area (Å²) in [6.45, 7) is 0. The van der Waals surface area contributed by atoms with Crippen LogP contribution in [0.5, 0.6) is 0 Å². The van der Waals surface area contributed by atoms with E-state index in [0.717, 1.165) is 29.4 Å². The molecule has 1 aliphatic rings. The lowest BCUT2D eigenvalue weighted by Crippen LogP contribution is -2.03. The molecule has 1 heterocycles. The summed E-state index contributed by atoms with van der Waals surface area (Å²) in [7, 11) is 0. The first kappa shape index (κ1) is 7.15. The van der Waals surface area contributed by atoms with Gasteiger partial charge in [-0.1, -0.05) is 18.2 Å². The van der Waals surface area contributed by atoms with Gasteiger partial charge in [0.25, 0.3) is 0 Å². The fourth-order valence-electron chi connectivity index (χ4n) is 1.75. The largest absolute Gasteiger partial charge is 0.464 e. The zero-order valence-corrected chi connectivity index (χ0v) is 7.16. The highest BCUT2D eigenvalue weighted by Crippen LogP contribution is 2.47. The fourth-order valence-corrected chi connectivity index (χ4v) is 1.75. The number of furan rings is 1. The Morgan fingerprint density at radius 2 is 2.08 bits per heavy atom. The molecule has 0 amide bonds. The minimum atomic E-state index is -0.600. The summed E-state index contributed by atoms with van der Waals surface area (Å²) in [5, 5.41) is 11.0. The summed E-state index contributed by atoms with van der Waals surface area (Å²) in [5.74, 6) is 0. The first-order chi connectivity index (χ1) is 6.30. The molecule has 3 rings (SSSR count). The van der Waals surface area contributed by atoms with E-state index < -0.39 is 5.60 Å². The smallest absolute Gasteiger partial charge is 0.139 e. The first-order valence-electron chi connectivity index (χ1n) is 4.49. The maximum atomic E-state index is 9.96. The SMILES string of the molecule is OC1(c2cccc3ccoc23)CC1. The van der Waals surface area contributed by atoms with Crippen LogP contribution in [-0.2, 0) is 5.60 Å². The van der Waals surface area contributed by atoms with Gasteiger partial charge < -0.3 is 9.52 Å².